The second-order valence-corrected chi connectivity index (χ2v) is 5.98. The van der Waals surface area contributed by atoms with Gasteiger partial charge in [-0.3, -0.25) is 10.1 Å². The van der Waals surface area contributed by atoms with Gasteiger partial charge in [-0.2, -0.15) is 0 Å². The molecule has 2 rings (SSSR count). The molecule has 9 nitrogen and oxygen atoms in total. The van der Waals surface area contributed by atoms with Gasteiger partial charge in [0.2, 0.25) is 6.29 Å². The molecule has 0 bridgehead atoms. The molecule has 3 unspecified atom stereocenters. The maximum Gasteiger partial charge on any atom is 0.404 e. The van der Waals surface area contributed by atoms with Crippen LogP contribution in [0.1, 0.15) is 18.4 Å². The normalized spacial score (nSPS) is 22.7. The van der Waals surface area contributed by atoms with E-state index in [9.17, 15) is 14.9 Å². The van der Waals surface area contributed by atoms with Crippen LogP contribution < -0.4 is 4.74 Å². The van der Waals surface area contributed by atoms with E-state index in [4.69, 9.17) is 30.5 Å². The predicted molar refractivity (Wildman–Crippen MR) is 90.3 cm³/mol. The van der Waals surface area contributed by atoms with Crippen molar-refractivity contribution >= 4 is 22.7 Å². The van der Waals surface area contributed by atoms with E-state index >= 15 is 0 Å². The van der Waals surface area contributed by atoms with Gasteiger partial charge in [-0.1, -0.05) is 6.07 Å². The predicted octanol–water partition coefficient (Wildman–Crippen LogP) is 3.02. The summed E-state index contributed by atoms with van der Waals surface area (Å²) in [7, 11) is 3.15. The number of hydrogen-bond acceptors (Lipinski definition) is 8. The number of nitrogens with zero attached hydrogens (tertiary/aromatic N) is 1. The molecule has 1 heterocycles. The van der Waals surface area contributed by atoms with Gasteiger partial charge >= 0.3 is 11.1 Å². The summed E-state index contributed by atoms with van der Waals surface area (Å²) < 4.78 is 26.6. The third-order valence-corrected chi connectivity index (χ3v) is 3.95. The Bertz CT molecular complexity index is 641. The highest BCUT2D eigenvalue weighted by atomic mass is 35.5. The Balaban J connectivity index is 2.13. The van der Waals surface area contributed by atoms with Crippen molar-refractivity contribution in [3.8, 4) is 5.75 Å². The monoisotopic (exact) mass is 389 g/mol. The van der Waals surface area contributed by atoms with Crippen molar-refractivity contribution in [1.29, 1.82) is 0 Å². The van der Waals surface area contributed by atoms with Gasteiger partial charge in [0.05, 0.1) is 23.7 Å². The molecule has 3 atom stereocenters. The summed E-state index contributed by atoms with van der Waals surface area (Å²) in [4.78, 5) is 21.4. The van der Waals surface area contributed by atoms with Crippen LogP contribution >= 0.6 is 11.6 Å². The Morgan fingerprint density at radius 1 is 1.38 bits per heavy atom. The van der Waals surface area contributed by atoms with Crippen LogP contribution in [0, 0.1) is 10.1 Å². The van der Waals surface area contributed by atoms with Gasteiger partial charge in [-0.05, 0) is 11.6 Å². The molecule has 1 fully saturated rings. The van der Waals surface area contributed by atoms with Crippen molar-refractivity contribution in [3.63, 3.8) is 0 Å². The number of ether oxygens (including phenoxy) is 5. The van der Waals surface area contributed by atoms with Crippen molar-refractivity contribution in [2.24, 2.45) is 0 Å². The van der Waals surface area contributed by atoms with Gasteiger partial charge in [0.25, 0.3) is 0 Å². The summed E-state index contributed by atoms with van der Waals surface area (Å²) in [6.45, 7) is 0.190. The first-order valence-corrected chi connectivity index (χ1v) is 8.24. The third kappa shape index (κ3) is 5.80. The zero-order valence-corrected chi connectivity index (χ0v) is 15.1. The highest BCUT2D eigenvalue weighted by Crippen LogP contribution is 2.32. The number of nitro benzene ring substituents is 1. The Hall–Kier alpha value is -1.94. The summed E-state index contributed by atoms with van der Waals surface area (Å²) in [5.41, 5.74) is -0.840. The maximum absolute atomic E-state index is 11.3. The molecule has 1 saturated heterocycles. The Kier molecular flexibility index (Phi) is 7.58. The highest BCUT2D eigenvalue weighted by molar-refractivity contribution is 6.61. The standard InChI is InChI=1S/C16H20ClNO8/c1-22-9-12-6-11(23-2)7-15(25-12)26-14-4-3-10(8-24-16(17)19)5-13(14)18(20)21/h3-5,11-12,15H,6-9H2,1-2H3. The highest BCUT2D eigenvalue weighted by Gasteiger charge is 2.32. The molecular weight excluding hydrogens is 370 g/mol. The molecule has 0 radical (unpaired) electrons. The molecule has 0 N–H and O–H groups in total. The summed E-state index contributed by atoms with van der Waals surface area (Å²) >= 11 is 5.10. The number of benzene rings is 1. The zero-order chi connectivity index (χ0) is 19.1. The lowest BCUT2D eigenvalue weighted by Crippen LogP contribution is -2.41. The van der Waals surface area contributed by atoms with Crippen molar-refractivity contribution in [3.05, 3.63) is 33.9 Å². The summed E-state index contributed by atoms with van der Waals surface area (Å²) in [5, 5.41) is 11.3. The second kappa shape index (κ2) is 9.67. The zero-order valence-electron chi connectivity index (χ0n) is 14.4. The largest absolute Gasteiger partial charge is 0.458 e. The van der Waals surface area contributed by atoms with Crippen LogP contribution in [0.25, 0.3) is 0 Å². The van der Waals surface area contributed by atoms with E-state index in [-0.39, 0.29) is 30.3 Å². The lowest BCUT2D eigenvalue weighted by molar-refractivity contribution is -0.386. The smallest absolute Gasteiger partial charge is 0.404 e. The van der Waals surface area contributed by atoms with Crippen molar-refractivity contribution in [1.82, 2.24) is 0 Å². The van der Waals surface area contributed by atoms with E-state index in [1.807, 2.05) is 0 Å². The fourth-order valence-corrected chi connectivity index (χ4v) is 2.72. The first-order valence-electron chi connectivity index (χ1n) is 7.86. The van der Waals surface area contributed by atoms with Gasteiger partial charge in [-0.25, -0.2) is 4.79 Å². The Labute approximate surface area is 155 Å². The van der Waals surface area contributed by atoms with Crippen LogP contribution in [0.2, 0.25) is 0 Å². The molecule has 0 aromatic heterocycles. The van der Waals surface area contributed by atoms with Crippen LogP contribution in [0.4, 0.5) is 10.5 Å². The molecule has 0 saturated carbocycles. The fraction of sp³-hybridized carbons (Fsp3) is 0.562. The van der Waals surface area contributed by atoms with Crippen LogP contribution in [-0.4, -0.2) is 49.7 Å². The molecule has 144 valence electrons. The van der Waals surface area contributed by atoms with Crippen molar-refractivity contribution in [2.45, 2.75) is 37.9 Å². The first kappa shape index (κ1) is 20.4. The molecule has 1 aromatic carbocycles. The van der Waals surface area contributed by atoms with E-state index in [1.54, 1.807) is 20.3 Å². The molecular formula is C16H20ClNO8. The van der Waals surface area contributed by atoms with Crippen molar-refractivity contribution < 1.29 is 33.4 Å². The minimum absolute atomic E-state index is 0.0499. The molecule has 10 heteroatoms. The van der Waals surface area contributed by atoms with E-state index < -0.39 is 16.6 Å². The fourth-order valence-electron chi connectivity index (χ4n) is 2.67. The number of carbonyl (C=O) groups is 1. The van der Waals surface area contributed by atoms with Crippen molar-refractivity contribution in [2.75, 3.05) is 20.8 Å². The van der Waals surface area contributed by atoms with Gasteiger partial charge in [-0.15, -0.1) is 0 Å². The molecule has 0 aliphatic carbocycles. The third-order valence-electron chi connectivity index (χ3n) is 3.84. The Morgan fingerprint density at radius 2 is 2.15 bits per heavy atom. The van der Waals surface area contributed by atoms with Gasteiger partial charge in [0.15, 0.2) is 5.75 Å². The number of methoxy groups -OCH3 is 2. The average molecular weight is 390 g/mol. The number of hydrogen-bond donors (Lipinski definition) is 0. The number of carbonyl (C=O) groups excluding carboxylic acids is 1. The van der Waals surface area contributed by atoms with E-state index in [0.29, 0.717) is 25.0 Å². The van der Waals surface area contributed by atoms with Gasteiger partial charge < -0.3 is 23.7 Å². The molecule has 0 spiro atoms. The van der Waals surface area contributed by atoms with E-state index in [0.717, 1.165) is 0 Å². The van der Waals surface area contributed by atoms with Gasteiger partial charge in [0, 0.05) is 44.7 Å². The number of rotatable bonds is 8. The minimum atomic E-state index is -0.988. The number of nitro groups is 1. The first-order chi connectivity index (χ1) is 12.4. The second-order valence-electron chi connectivity index (χ2n) is 5.68. The summed E-state index contributed by atoms with van der Waals surface area (Å²) in [5.74, 6) is 0.0499. The minimum Gasteiger partial charge on any atom is -0.458 e. The van der Waals surface area contributed by atoms with Crippen LogP contribution in [0.5, 0.6) is 5.75 Å². The molecule has 1 aliphatic rings. The van der Waals surface area contributed by atoms with Crippen LogP contribution in [0.3, 0.4) is 0 Å². The summed E-state index contributed by atoms with van der Waals surface area (Å²) in [6, 6.07) is 4.24. The van der Waals surface area contributed by atoms with Gasteiger partial charge in [0.1, 0.15) is 6.61 Å². The van der Waals surface area contributed by atoms with E-state index in [2.05, 4.69) is 4.74 Å². The average Bonchev–Trinajstić information content (AvgIpc) is 2.60. The molecule has 26 heavy (non-hydrogen) atoms. The molecule has 1 aromatic rings. The summed E-state index contributed by atoms with van der Waals surface area (Å²) in [6.07, 6.45) is 0.0358. The molecule has 1 aliphatic heterocycles. The maximum atomic E-state index is 11.3. The Morgan fingerprint density at radius 3 is 2.77 bits per heavy atom. The van der Waals surface area contributed by atoms with E-state index in [1.165, 1.54) is 12.1 Å². The quantitative estimate of drug-likeness (QED) is 0.379. The van der Waals surface area contributed by atoms with Crippen LogP contribution in [-0.2, 0) is 25.6 Å². The topological polar surface area (TPSA) is 106 Å². The lowest BCUT2D eigenvalue weighted by atomic mass is 10.1. The SMILES string of the molecule is COCC1CC(OC)CC(Oc2ccc(COC(=O)Cl)cc2[N+](=O)[O-])O1. The van der Waals surface area contributed by atoms with Crippen LogP contribution in [0.15, 0.2) is 18.2 Å². The molecule has 0 amide bonds. The lowest BCUT2D eigenvalue weighted by Gasteiger charge is -2.34. The number of halogens is 1.